The Labute approximate surface area is 163 Å². The molecule has 2 aliphatic rings. The molecule has 28 heavy (non-hydrogen) atoms. The number of hydrogen-bond acceptors (Lipinski definition) is 4. The SMILES string of the molecule is O=C(CCN1C(=O)Cc2ccccc2C1=O)N1CCN(c2cc[nH+]cc2)CC1. The van der Waals surface area contributed by atoms with E-state index < -0.39 is 0 Å². The Morgan fingerprint density at radius 1 is 0.964 bits per heavy atom. The molecule has 3 heterocycles. The zero-order valence-electron chi connectivity index (χ0n) is 15.6. The molecular weight excluding hydrogens is 356 g/mol. The number of fused-ring (bicyclic) bond motifs is 1. The summed E-state index contributed by atoms with van der Waals surface area (Å²) in [6, 6.07) is 11.2. The molecule has 7 nitrogen and oxygen atoms in total. The molecule has 1 aromatic heterocycles. The number of anilines is 1. The van der Waals surface area contributed by atoms with E-state index in [4.69, 9.17) is 0 Å². The van der Waals surface area contributed by atoms with Gasteiger partial charge in [0.25, 0.3) is 5.91 Å². The van der Waals surface area contributed by atoms with Crippen LogP contribution in [-0.2, 0) is 16.0 Å². The van der Waals surface area contributed by atoms with Gasteiger partial charge >= 0.3 is 0 Å². The fourth-order valence-electron chi connectivity index (χ4n) is 3.79. The summed E-state index contributed by atoms with van der Waals surface area (Å²) in [5, 5.41) is 0. The molecule has 144 valence electrons. The number of hydrogen-bond donors (Lipinski definition) is 0. The van der Waals surface area contributed by atoms with Crippen LogP contribution in [0, 0.1) is 0 Å². The number of rotatable bonds is 4. The van der Waals surface area contributed by atoms with Crippen LogP contribution in [0.15, 0.2) is 48.8 Å². The van der Waals surface area contributed by atoms with Crippen LogP contribution in [0.25, 0.3) is 0 Å². The molecule has 0 saturated carbocycles. The lowest BCUT2D eigenvalue weighted by Crippen LogP contribution is -2.50. The number of H-pyrrole nitrogens is 1. The number of carbonyl (C=O) groups is 3. The Hall–Kier alpha value is -3.22. The van der Waals surface area contributed by atoms with E-state index in [2.05, 4.69) is 9.88 Å². The minimum atomic E-state index is -0.301. The molecule has 0 radical (unpaired) electrons. The van der Waals surface area contributed by atoms with Gasteiger partial charge in [-0.1, -0.05) is 18.2 Å². The molecule has 2 aromatic rings. The zero-order chi connectivity index (χ0) is 19.5. The maximum Gasteiger partial charge on any atom is 0.260 e. The van der Waals surface area contributed by atoms with Gasteiger partial charge in [-0.25, -0.2) is 4.98 Å². The summed E-state index contributed by atoms with van der Waals surface area (Å²) >= 11 is 0. The highest BCUT2D eigenvalue weighted by molar-refractivity contribution is 6.09. The largest absolute Gasteiger partial charge is 0.368 e. The summed E-state index contributed by atoms with van der Waals surface area (Å²) in [6.07, 6.45) is 4.15. The van der Waals surface area contributed by atoms with Gasteiger partial charge in [0.2, 0.25) is 11.8 Å². The van der Waals surface area contributed by atoms with Gasteiger partial charge in [-0.3, -0.25) is 19.3 Å². The van der Waals surface area contributed by atoms with Gasteiger partial charge in [0, 0.05) is 62.5 Å². The number of aromatic nitrogens is 1. The van der Waals surface area contributed by atoms with Crippen molar-refractivity contribution in [1.82, 2.24) is 9.80 Å². The number of nitrogens with one attached hydrogen (secondary N) is 1. The Kier molecular flexibility index (Phi) is 5.06. The van der Waals surface area contributed by atoms with Gasteiger partial charge < -0.3 is 9.80 Å². The predicted octanol–water partition coefficient (Wildman–Crippen LogP) is 0.764. The van der Waals surface area contributed by atoms with Crippen molar-refractivity contribution in [3.05, 3.63) is 59.9 Å². The second-order valence-electron chi connectivity index (χ2n) is 7.06. The molecule has 7 heteroatoms. The number of aromatic amines is 1. The van der Waals surface area contributed by atoms with E-state index in [-0.39, 0.29) is 37.1 Å². The first-order valence-corrected chi connectivity index (χ1v) is 9.55. The summed E-state index contributed by atoms with van der Waals surface area (Å²) in [5.41, 5.74) is 2.45. The molecular formula is C21H23N4O3+. The minimum absolute atomic E-state index is 0.0134. The third-order valence-corrected chi connectivity index (χ3v) is 5.38. The highest BCUT2D eigenvalue weighted by Crippen LogP contribution is 2.20. The van der Waals surface area contributed by atoms with Crippen molar-refractivity contribution in [1.29, 1.82) is 0 Å². The fraction of sp³-hybridized carbons (Fsp3) is 0.333. The first-order chi connectivity index (χ1) is 13.6. The van der Waals surface area contributed by atoms with Crippen molar-refractivity contribution in [3.63, 3.8) is 0 Å². The van der Waals surface area contributed by atoms with Crippen molar-refractivity contribution in [3.8, 4) is 0 Å². The van der Waals surface area contributed by atoms with Crippen LogP contribution in [-0.4, -0.2) is 60.2 Å². The number of piperazine rings is 1. The summed E-state index contributed by atoms with van der Waals surface area (Å²) in [6.45, 7) is 2.96. The summed E-state index contributed by atoms with van der Waals surface area (Å²) < 4.78 is 0. The maximum absolute atomic E-state index is 12.6. The van der Waals surface area contributed by atoms with Gasteiger partial charge in [-0.05, 0) is 11.6 Å². The maximum atomic E-state index is 12.6. The first-order valence-electron chi connectivity index (χ1n) is 9.55. The molecule has 1 N–H and O–H groups in total. The van der Waals surface area contributed by atoms with E-state index in [0.717, 1.165) is 24.3 Å². The van der Waals surface area contributed by atoms with Crippen LogP contribution in [0.2, 0.25) is 0 Å². The molecule has 0 aliphatic carbocycles. The highest BCUT2D eigenvalue weighted by atomic mass is 16.2. The van der Waals surface area contributed by atoms with Crippen LogP contribution < -0.4 is 9.88 Å². The molecule has 1 fully saturated rings. The quantitative estimate of drug-likeness (QED) is 0.736. The molecule has 0 atom stereocenters. The zero-order valence-corrected chi connectivity index (χ0v) is 15.6. The predicted molar refractivity (Wildman–Crippen MR) is 103 cm³/mol. The fourth-order valence-corrected chi connectivity index (χ4v) is 3.79. The number of imide groups is 1. The minimum Gasteiger partial charge on any atom is -0.368 e. The normalized spacial score (nSPS) is 16.9. The standard InChI is InChI=1S/C21H22N4O3/c26-19(24-13-11-23(12-14-24)17-5-8-22-9-6-17)7-10-25-20(27)15-16-3-1-2-4-18(16)21(25)28/h1-6,8-9H,7,10-15H2/p+1. The average molecular weight is 379 g/mol. The lowest BCUT2D eigenvalue weighted by molar-refractivity contribution is -0.377. The monoisotopic (exact) mass is 379 g/mol. The lowest BCUT2D eigenvalue weighted by atomic mass is 9.98. The van der Waals surface area contributed by atoms with E-state index in [1.807, 2.05) is 35.5 Å². The van der Waals surface area contributed by atoms with Gasteiger partial charge in [-0.2, -0.15) is 0 Å². The van der Waals surface area contributed by atoms with E-state index in [1.54, 1.807) is 18.2 Å². The second kappa shape index (κ2) is 7.80. The summed E-state index contributed by atoms with van der Waals surface area (Å²) in [5.74, 6) is -0.548. The van der Waals surface area contributed by atoms with Gasteiger partial charge in [0.05, 0.1) is 6.42 Å². The molecule has 1 aromatic carbocycles. The van der Waals surface area contributed by atoms with Crippen molar-refractivity contribution >= 4 is 23.4 Å². The van der Waals surface area contributed by atoms with Crippen LogP contribution in [0.5, 0.6) is 0 Å². The van der Waals surface area contributed by atoms with Crippen LogP contribution >= 0.6 is 0 Å². The Morgan fingerprint density at radius 2 is 1.68 bits per heavy atom. The highest BCUT2D eigenvalue weighted by Gasteiger charge is 2.31. The van der Waals surface area contributed by atoms with Gasteiger partial charge in [0.1, 0.15) is 0 Å². The number of carbonyl (C=O) groups excluding carboxylic acids is 3. The molecule has 0 unspecified atom stereocenters. The van der Waals surface area contributed by atoms with E-state index in [9.17, 15) is 14.4 Å². The van der Waals surface area contributed by atoms with E-state index in [1.165, 1.54) is 4.90 Å². The summed E-state index contributed by atoms with van der Waals surface area (Å²) in [7, 11) is 0. The third kappa shape index (κ3) is 3.60. The van der Waals surface area contributed by atoms with Crippen molar-refractivity contribution < 1.29 is 19.4 Å². The molecule has 0 bridgehead atoms. The van der Waals surface area contributed by atoms with E-state index in [0.29, 0.717) is 18.7 Å². The van der Waals surface area contributed by atoms with Crippen LogP contribution in [0.1, 0.15) is 22.3 Å². The number of pyridine rings is 1. The first kappa shape index (κ1) is 18.2. The Bertz CT molecular complexity index is 892. The van der Waals surface area contributed by atoms with Crippen LogP contribution in [0.3, 0.4) is 0 Å². The van der Waals surface area contributed by atoms with Gasteiger partial charge in [0.15, 0.2) is 12.4 Å². The number of nitrogens with zero attached hydrogens (tertiary/aromatic N) is 3. The Balaban J connectivity index is 1.32. The van der Waals surface area contributed by atoms with Crippen molar-refractivity contribution in [2.75, 3.05) is 37.6 Å². The molecule has 0 spiro atoms. The van der Waals surface area contributed by atoms with Crippen LogP contribution in [0.4, 0.5) is 5.69 Å². The van der Waals surface area contributed by atoms with E-state index >= 15 is 0 Å². The second-order valence-corrected chi connectivity index (χ2v) is 7.06. The molecule has 2 aliphatic heterocycles. The Morgan fingerprint density at radius 3 is 2.43 bits per heavy atom. The lowest BCUT2D eigenvalue weighted by Gasteiger charge is -2.36. The molecule has 4 rings (SSSR count). The van der Waals surface area contributed by atoms with Gasteiger partial charge in [-0.15, -0.1) is 0 Å². The topological polar surface area (TPSA) is 75.1 Å². The number of benzene rings is 1. The molecule has 1 saturated heterocycles. The van der Waals surface area contributed by atoms with Crippen molar-refractivity contribution in [2.45, 2.75) is 12.8 Å². The third-order valence-electron chi connectivity index (χ3n) is 5.38. The average Bonchev–Trinajstić information content (AvgIpc) is 2.74. The molecule has 3 amide bonds. The van der Waals surface area contributed by atoms with Crippen molar-refractivity contribution in [2.24, 2.45) is 0 Å². The number of amides is 3. The smallest absolute Gasteiger partial charge is 0.260 e. The summed E-state index contributed by atoms with van der Waals surface area (Å²) in [4.78, 5) is 45.8.